The van der Waals surface area contributed by atoms with Crippen LogP contribution in [0, 0.1) is 5.41 Å². The standard InChI is InChI=1S/C16H17F6NO/c17-15(18,19)12-5-3-11(4-6-12)7-10-23-13(24)14(16(20,21)22)8-1-2-9-14/h3-6H,1-2,7-10H2,(H,23,24). The summed E-state index contributed by atoms with van der Waals surface area (Å²) in [5, 5.41) is 2.28. The Hall–Kier alpha value is -1.73. The van der Waals surface area contributed by atoms with Gasteiger partial charge in [-0.25, -0.2) is 0 Å². The summed E-state index contributed by atoms with van der Waals surface area (Å²) in [5.41, 5.74) is -2.61. The largest absolute Gasteiger partial charge is 0.416 e. The van der Waals surface area contributed by atoms with Crippen molar-refractivity contribution in [2.45, 2.75) is 44.5 Å². The minimum atomic E-state index is -4.60. The molecule has 1 aliphatic carbocycles. The Morgan fingerprint density at radius 2 is 1.54 bits per heavy atom. The molecule has 0 atom stereocenters. The predicted molar refractivity (Wildman–Crippen MR) is 75.1 cm³/mol. The first kappa shape index (κ1) is 18.6. The van der Waals surface area contributed by atoms with Gasteiger partial charge in [-0.2, -0.15) is 26.3 Å². The lowest BCUT2D eigenvalue weighted by Crippen LogP contribution is -2.49. The number of hydrogen-bond donors (Lipinski definition) is 1. The van der Waals surface area contributed by atoms with Crippen LogP contribution < -0.4 is 5.32 Å². The number of alkyl halides is 6. The molecule has 1 saturated carbocycles. The topological polar surface area (TPSA) is 29.1 Å². The molecule has 1 aromatic carbocycles. The molecule has 0 heterocycles. The second kappa shape index (κ2) is 6.64. The van der Waals surface area contributed by atoms with Crippen LogP contribution in [0.5, 0.6) is 0 Å². The molecule has 0 bridgehead atoms. The van der Waals surface area contributed by atoms with Crippen LogP contribution in [0.3, 0.4) is 0 Å². The number of carbonyl (C=O) groups is 1. The van der Waals surface area contributed by atoms with Crippen LogP contribution in [-0.2, 0) is 17.4 Å². The fourth-order valence-electron chi connectivity index (χ4n) is 2.97. The molecule has 134 valence electrons. The first-order chi connectivity index (χ1) is 11.1. The summed E-state index contributed by atoms with van der Waals surface area (Å²) in [5.74, 6) is -1.04. The van der Waals surface area contributed by atoms with Gasteiger partial charge in [-0.05, 0) is 37.0 Å². The molecular weight excluding hydrogens is 336 g/mol. The number of benzene rings is 1. The minimum Gasteiger partial charge on any atom is -0.355 e. The van der Waals surface area contributed by atoms with E-state index >= 15 is 0 Å². The third kappa shape index (κ3) is 3.84. The van der Waals surface area contributed by atoms with Gasteiger partial charge in [-0.3, -0.25) is 4.79 Å². The second-order valence-electron chi connectivity index (χ2n) is 5.99. The van der Waals surface area contributed by atoms with Gasteiger partial charge in [0, 0.05) is 6.54 Å². The highest BCUT2D eigenvalue weighted by Gasteiger charge is 2.60. The Morgan fingerprint density at radius 3 is 2.00 bits per heavy atom. The van der Waals surface area contributed by atoms with E-state index in [9.17, 15) is 31.1 Å². The lowest BCUT2D eigenvalue weighted by molar-refractivity contribution is -0.220. The number of amides is 1. The number of rotatable bonds is 4. The van der Waals surface area contributed by atoms with E-state index in [0.717, 1.165) is 12.1 Å². The maximum Gasteiger partial charge on any atom is 0.416 e. The summed E-state index contributed by atoms with van der Waals surface area (Å²) in [4.78, 5) is 12.0. The van der Waals surface area contributed by atoms with Gasteiger partial charge in [0.1, 0.15) is 5.41 Å². The van der Waals surface area contributed by atoms with Crippen molar-refractivity contribution in [2.24, 2.45) is 5.41 Å². The third-order valence-electron chi connectivity index (χ3n) is 4.41. The van der Waals surface area contributed by atoms with Crippen molar-refractivity contribution in [1.82, 2.24) is 5.32 Å². The second-order valence-corrected chi connectivity index (χ2v) is 5.99. The van der Waals surface area contributed by atoms with Gasteiger partial charge in [0.05, 0.1) is 5.56 Å². The molecule has 2 nitrogen and oxygen atoms in total. The summed E-state index contributed by atoms with van der Waals surface area (Å²) in [6, 6.07) is 4.32. The van der Waals surface area contributed by atoms with E-state index in [0.29, 0.717) is 18.4 Å². The van der Waals surface area contributed by atoms with Gasteiger partial charge >= 0.3 is 12.4 Å². The van der Waals surface area contributed by atoms with Crippen molar-refractivity contribution in [3.63, 3.8) is 0 Å². The fraction of sp³-hybridized carbons (Fsp3) is 0.562. The molecule has 2 rings (SSSR count). The first-order valence-corrected chi connectivity index (χ1v) is 7.57. The normalized spacial score (nSPS) is 17.8. The van der Waals surface area contributed by atoms with Gasteiger partial charge in [0.25, 0.3) is 0 Å². The highest BCUT2D eigenvalue weighted by molar-refractivity contribution is 5.83. The van der Waals surface area contributed by atoms with Crippen molar-refractivity contribution in [3.8, 4) is 0 Å². The SMILES string of the molecule is O=C(NCCc1ccc(C(F)(F)F)cc1)C1(C(F)(F)F)CCCC1. The Balaban J connectivity index is 1.93. The van der Waals surface area contributed by atoms with Crippen LogP contribution >= 0.6 is 0 Å². The van der Waals surface area contributed by atoms with E-state index in [1.165, 1.54) is 12.1 Å². The van der Waals surface area contributed by atoms with Crippen molar-refractivity contribution in [2.75, 3.05) is 6.54 Å². The van der Waals surface area contributed by atoms with Crippen molar-refractivity contribution in [1.29, 1.82) is 0 Å². The quantitative estimate of drug-likeness (QED) is 0.794. The van der Waals surface area contributed by atoms with E-state index in [2.05, 4.69) is 5.32 Å². The van der Waals surface area contributed by atoms with Crippen LogP contribution in [0.2, 0.25) is 0 Å². The van der Waals surface area contributed by atoms with E-state index in [1.54, 1.807) is 0 Å². The van der Waals surface area contributed by atoms with Gasteiger partial charge in [-0.1, -0.05) is 25.0 Å². The van der Waals surface area contributed by atoms with E-state index < -0.39 is 29.2 Å². The monoisotopic (exact) mass is 353 g/mol. The maximum atomic E-state index is 13.2. The van der Waals surface area contributed by atoms with Crippen LogP contribution in [0.1, 0.15) is 36.8 Å². The fourth-order valence-corrected chi connectivity index (χ4v) is 2.97. The zero-order valence-electron chi connectivity index (χ0n) is 12.7. The van der Waals surface area contributed by atoms with Crippen molar-refractivity contribution in [3.05, 3.63) is 35.4 Å². The number of hydrogen-bond acceptors (Lipinski definition) is 1. The average Bonchev–Trinajstić information content (AvgIpc) is 2.97. The molecule has 0 radical (unpaired) electrons. The van der Waals surface area contributed by atoms with E-state index in [-0.39, 0.29) is 25.8 Å². The third-order valence-corrected chi connectivity index (χ3v) is 4.41. The summed E-state index contributed by atoms with van der Waals surface area (Å²) in [7, 11) is 0. The molecule has 0 aromatic heterocycles. The molecule has 1 amide bonds. The maximum absolute atomic E-state index is 13.2. The molecule has 0 aliphatic heterocycles. The molecule has 1 fully saturated rings. The first-order valence-electron chi connectivity index (χ1n) is 7.57. The Morgan fingerprint density at radius 1 is 1.00 bits per heavy atom. The predicted octanol–water partition coefficient (Wildman–Crippen LogP) is 4.49. The summed E-state index contributed by atoms with van der Waals surface area (Å²) >= 11 is 0. The van der Waals surface area contributed by atoms with E-state index in [4.69, 9.17) is 0 Å². The highest BCUT2D eigenvalue weighted by atomic mass is 19.4. The highest BCUT2D eigenvalue weighted by Crippen LogP contribution is 2.50. The number of nitrogens with one attached hydrogen (secondary N) is 1. The Labute approximate surface area is 135 Å². The minimum absolute atomic E-state index is 0.0535. The van der Waals surface area contributed by atoms with Gasteiger partial charge in [-0.15, -0.1) is 0 Å². The Kier molecular flexibility index (Phi) is 5.15. The zero-order valence-corrected chi connectivity index (χ0v) is 12.7. The summed E-state index contributed by atoms with van der Waals surface area (Å²) < 4.78 is 76.9. The zero-order chi connectivity index (χ0) is 18.0. The lowest BCUT2D eigenvalue weighted by Gasteiger charge is -2.30. The molecule has 0 saturated heterocycles. The van der Waals surface area contributed by atoms with Crippen LogP contribution in [-0.4, -0.2) is 18.6 Å². The van der Waals surface area contributed by atoms with Gasteiger partial charge in [0.2, 0.25) is 5.91 Å². The number of carbonyl (C=O) groups excluding carboxylic acids is 1. The number of halogens is 6. The molecule has 0 unspecified atom stereocenters. The summed E-state index contributed by atoms with van der Waals surface area (Å²) in [6.45, 7) is -0.0535. The molecule has 1 aromatic rings. The van der Waals surface area contributed by atoms with Crippen molar-refractivity contribution < 1.29 is 31.1 Å². The molecule has 0 spiro atoms. The average molecular weight is 353 g/mol. The molecule has 8 heteroatoms. The van der Waals surface area contributed by atoms with Gasteiger partial charge < -0.3 is 5.32 Å². The van der Waals surface area contributed by atoms with Crippen molar-refractivity contribution >= 4 is 5.91 Å². The Bertz CT molecular complexity index is 570. The molecule has 24 heavy (non-hydrogen) atoms. The van der Waals surface area contributed by atoms with E-state index in [1.807, 2.05) is 0 Å². The molecular formula is C16H17F6NO. The molecule has 1 aliphatic rings. The van der Waals surface area contributed by atoms with Gasteiger partial charge in [0.15, 0.2) is 0 Å². The molecule has 1 N–H and O–H groups in total. The van der Waals surface area contributed by atoms with Crippen LogP contribution in [0.4, 0.5) is 26.3 Å². The van der Waals surface area contributed by atoms with Crippen LogP contribution in [0.25, 0.3) is 0 Å². The summed E-state index contributed by atoms with van der Waals surface area (Å²) in [6.07, 6.45) is -8.60. The van der Waals surface area contributed by atoms with Crippen LogP contribution in [0.15, 0.2) is 24.3 Å². The lowest BCUT2D eigenvalue weighted by atomic mass is 9.84. The smallest absolute Gasteiger partial charge is 0.355 e.